The molecule has 0 saturated heterocycles. The molecule has 0 aliphatic heterocycles. The summed E-state index contributed by atoms with van der Waals surface area (Å²) < 4.78 is 5.58. The van der Waals surface area contributed by atoms with Gasteiger partial charge in [0.15, 0.2) is 0 Å². The van der Waals surface area contributed by atoms with Crippen LogP contribution in [0.25, 0.3) is 22.1 Å². The number of pyridine rings is 1. The van der Waals surface area contributed by atoms with Gasteiger partial charge in [-0.05, 0) is 18.2 Å². The molecule has 0 spiro atoms. The Bertz CT molecular complexity index is 851. The zero-order valence-corrected chi connectivity index (χ0v) is 9.79. The summed E-state index contributed by atoms with van der Waals surface area (Å²) in [6.07, 6.45) is 1.33. The average molecular weight is 255 g/mol. The average Bonchev–Trinajstić information content (AvgIpc) is 2.40. The van der Waals surface area contributed by atoms with Crippen molar-refractivity contribution in [2.45, 2.75) is 6.42 Å². The quantitative estimate of drug-likeness (QED) is 0.708. The smallest absolute Gasteiger partial charge is 0.307 e. The van der Waals surface area contributed by atoms with Gasteiger partial charge >= 0.3 is 5.97 Å². The van der Waals surface area contributed by atoms with Gasteiger partial charge in [-0.25, -0.2) is 4.98 Å². The Hall–Kier alpha value is -2.69. The van der Waals surface area contributed by atoms with Crippen LogP contribution in [-0.2, 0) is 11.2 Å². The fourth-order valence-corrected chi connectivity index (χ4v) is 2.07. The maximum absolute atomic E-state index is 12.3. The summed E-state index contributed by atoms with van der Waals surface area (Å²) in [4.78, 5) is 27.1. The van der Waals surface area contributed by atoms with Gasteiger partial charge in [-0.15, -0.1) is 0 Å². The van der Waals surface area contributed by atoms with Crippen LogP contribution in [0.4, 0.5) is 0 Å². The minimum atomic E-state index is -0.976. The molecule has 94 valence electrons. The van der Waals surface area contributed by atoms with Crippen LogP contribution in [0.3, 0.4) is 0 Å². The van der Waals surface area contributed by atoms with Crippen LogP contribution in [0.15, 0.2) is 45.7 Å². The van der Waals surface area contributed by atoms with E-state index in [2.05, 4.69) is 4.98 Å². The maximum atomic E-state index is 12.3. The Kier molecular flexibility index (Phi) is 2.52. The van der Waals surface area contributed by atoms with Gasteiger partial charge in [0.2, 0.25) is 11.1 Å². The van der Waals surface area contributed by atoms with Gasteiger partial charge in [-0.2, -0.15) is 0 Å². The molecule has 3 rings (SSSR count). The van der Waals surface area contributed by atoms with E-state index in [0.29, 0.717) is 21.9 Å². The third-order valence-electron chi connectivity index (χ3n) is 2.90. The Labute approximate surface area is 107 Å². The summed E-state index contributed by atoms with van der Waals surface area (Å²) in [5.41, 5.74) is 0.783. The van der Waals surface area contributed by atoms with E-state index in [1.54, 1.807) is 30.3 Å². The SMILES string of the molecule is O=C(O)Cc1cccc2c(=O)c3cccnc3oc12. The largest absolute Gasteiger partial charge is 0.481 e. The van der Waals surface area contributed by atoms with Gasteiger partial charge in [-0.1, -0.05) is 12.1 Å². The number of carboxylic acid groups (broad SMARTS) is 1. The minimum absolute atomic E-state index is 0.196. The number of rotatable bonds is 2. The number of hydrogen-bond donors (Lipinski definition) is 1. The van der Waals surface area contributed by atoms with Crippen LogP contribution < -0.4 is 5.43 Å². The van der Waals surface area contributed by atoms with E-state index < -0.39 is 5.97 Å². The van der Waals surface area contributed by atoms with Crippen molar-refractivity contribution in [1.29, 1.82) is 0 Å². The number of benzene rings is 1. The Morgan fingerprint density at radius 2 is 2.00 bits per heavy atom. The molecule has 0 atom stereocenters. The van der Waals surface area contributed by atoms with E-state index in [0.717, 1.165) is 0 Å². The van der Waals surface area contributed by atoms with Crippen molar-refractivity contribution in [3.05, 3.63) is 52.3 Å². The molecule has 0 fully saturated rings. The zero-order valence-electron chi connectivity index (χ0n) is 9.79. The maximum Gasteiger partial charge on any atom is 0.307 e. The molecule has 0 radical (unpaired) electrons. The number of fused-ring (bicyclic) bond motifs is 2. The van der Waals surface area contributed by atoms with Crippen LogP contribution in [0, 0.1) is 0 Å². The fourth-order valence-electron chi connectivity index (χ4n) is 2.07. The molecule has 0 aliphatic rings. The van der Waals surface area contributed by atoms with Crippen molar-refractivity contribution in [2.24, 2.45) is 0 Å². The number of carbonyl (C=O) groups is 1. The van der Waals surface area contributed by atoms with Crippen LogP contribution in [-0.4, -0.2) is 16.1 Å². The topological polar surface area (TPSA) is 80.4 Å². The van der Waals surface area contributed by atoms with E-state index >= 15 is 0 Å². The number of aliphatic carboxylic acids is 1. The van der Waals surface area contributed by atoms with Crippen molar-refractivity contribution in [3.8, 4) is 0 Å². The number of nitrogens with zero attached hydrogens (tertiary/aromatic N) is 1. The Morgan fingerprint density at radius 3 is 2.79 bits per heavy atom. The van der Waals surface area contributed by atoms with Crippen molar-refractivity contribution in [2.75, 3.05) is 0 Å². The van der Waals surface area contributed by atoms with Crippen LogP contribution in [0.2, 0.25) is 0 Å². The van der Waals surface area contributed by atoms with E-state index in [1.807, 2.05) is 0 Å². The van der Waals surface area contributed by atoms with Gasteiger partial charge in [0.1, 0.15) is 5.58 Å². The first-order valence-electron chi connectivity index (χ1n) is 5.68. The normalized spacial score (nSPS) is 10.9. The summed E-state index contributed by atoms with van der Waals surface area (Å²) in [6, 6.07) is 8.20. The van der Waals surface area contributed by atoms with Crippen molar-refractivity contribution < 1.29 is 14.3 Å². The highest BCUT2D eigenvalue weighted by molar-refractivity contribution is 5.91. The molecule has 19 heavy (non-hydrogen) atoms. The first kappa shape index (κ1) is 11.4. The van der Waals surface area contributed by atoms with Gasteiger partial charge in [0, 0.05) is 11.8 Å². The lowest BCUT2D eigenvalue weighted by Gasteiger charge is -2.04. The molecule has 5 heteroatoms. The molecule has 0 bridgehead atoms. The highest BCUT2D eigenvalue weighted by Gasteiger charge is 2.12. The second kappa shape index (κ2) is 4.20. The molecular weight excluding hydrogens is 246 g/mol. The summed E-state index contributed by atoms with van der Waals surface area (Å²) in [5.74, 6) is -0.976. The third kappa shape index (κ3) is 1.85. The molecule has 1 N–H and O–H groups in total. The second-order valence-electron chi connectivity index (χ2n) is 4.15. The molecule has 0 unspecified atom stereocenters. The minimum Gasteiger partial charge on any atom is -0.481 e. The third-order valence-corrected chi connectivity index (χ3v) is 2.90. The monoisotopic (exact) mass is 255 g/mol. The summed E-state index contributed by atoms with van der Waals surface area (Å²) in [5, 5.41) is 9.64. The van der Waals surface area contributed by atoms with Crippen LogP contribution in [0.1, 0.15) is 5.56 Å². The molecule has 5 nitrogen and oxygen atoms in total. The fraction of sp³-hybridized carbons (Fsp3) is 0.0714. The molecule has 0 aliphatic carbocycles. The lowest BCUT2D eigenvalue weighted by molar-refractivity contribution is -0.136. The van der Waals surface area contributed by atoms with Gasteiger partial charge in [0.05, 0.1) is 17.2 Å². The van der Waals surface area contributed by atoms with Crippen LogP contribution in [0.5, 0.6) is 0 Å². The van der Waals surface area contributed by atoms with Gasteiger partial charge in [0.25, 0.3) is 0 Å². The first-order valence-corrected chi connectivity index (χ1v) is 5.68. The van der Waals surface area contributed by atoms with Gasteiger partial charge in [-0.3, -0.25) is 9.59 Å². The first-order chi connectivity index (χ1) is 9.16. The highest BCUT2D eigenvalue weighted by Crippen LogP contribution is 2.20. The van der Waals surface area contributed by atoms with E-state index in [9.17, 15) is 9.59 Å². The standard InChI is InChI=1S/C14H9NO4/c16-11(17)7-8-3-1-4-9-12(18)10-5-2-6-15-14(10)19-13(8)9/h1-6H,7H2,(H,16,17). The summed E-state index contributed by atoms with van der Waals surface area (Å²) >= 11 is 0. The molecular formula is C14H9NO4. The highest BCUT2D eigenvalue weighted by atomic mass is 16.4. The van der Waals surface area contributed by atoms with E-state index in [-0.39, 0.29) is 17.6 Å². The van der Waals surface area contributed by atoms with Crippen molar-refractivity contribution in [1.82, 2.24) is 4.98 Å². The summed E-state index contributed by atoms with van der Waals surface area (Å²) in [6.45, 7) is 0. The molecule has 0 amide bonds. The second-order valence-corrected chi connectivity index (χ2v) is 4.15. The van der Waals surface area contributed by atoms with Gasteiger partial charge < -0.3 is 9.52 Å². The predicted molar refractivity (Wildman–Crippen MR) is 69.1 cm³/mol. The van der Waals surface area contributed by atoms with E-state index in [4.69, 9.17) is 9.52 Å². The molecule has 2 heterocycles. The van der Waals surface area contributed by atoms with E-state index in [1.165, 1.54) is 6.20 Å². The van der Waals surface area contributed by atoms with Crippen LogP contribution >= 0.6 is 0 Å². The zero-order chi connectivity index (χ0) is 13.4. The number of hydrogen-bond acceptors (Lipinski definition) is 4. The van der Waals surface area contributed by atoms with Crippen molar-refractivity contribution >= 4 is 28.0 Å². The molecule has 2 aromatic heterocycles. The number of carboxylic acids is 1. The number of para-hydroxylation sites is 1. The lowest BCUT2D eigenvalue weighted by Crippen LogP contribution is -2.06. The molecule has 0 saturated carbocycles. The number of aromatic nitrogens is 1. The Balaban J connectivity index is 2.44. The lowest BCUT2D eigenvalue weighted by atomic mass is 10.1. The van der Waals surface area contributed by atoms with Crippen molar-refractivity contribution in [3.63, 3.8) is 0 Å². The molecule has 1 aromatic carbocycles. The summed E-state index contributed by atoms with van der Waals surface area (Å²) in [7, 11) is 0. The molecule has 3 aromatic rings. The Morgan fingerprint density at radius 1 is 1.21 bits per heavy atom. The predicted octanol–water partition coefficient (Wildman–Crippen LogP) is 1.97.